The van der Waals surface area contributed by atoms with E-state index in [1.54, 1.807) is 7.11 Å². The van der Waals surface area contributed by atoms with E-state index in [4.69, 9.17) is 4.74 Å². The number of nitrogens with zero attached hydrogens (tertiary/aromatic N) is 1. The zero-order valence-electron chi connectivity index (χ0n) is 14.7. The Balaban J connectivity index is 1.71. The molecule has 2 aromatic rings. The summed E-state index contributed by atoms with van der Waals surface area (Å²) in [6.07, 6.45) is 3.67. The number of aromatic nitrogens is 1. The molecule has 2 N–H and O–H groups in total. The maximum atomic E-state index is 13.9. The Hall–Kier alpha value is -1.82. The minimum absolute atomic E-state index is 0.0383. The van der Waals surface area contributed by atoms with E-state index in [9.17, 15) is 10.3 Å². The zero-order valence-corrected chi connectivity index (χ0v) is 14.7. The largest absolute Gasteiger partial charge is 0.632 e. The highest BCUT2D eigenvalue weighted by Crippen LogP contribution is 2.58. The highest BCUT2D eigenvalue weighted by molar-refractivity contribution is 5.86. The van der Waals surface area contributed by atoms with Gasteiger partial charge in [0.05, 0.1) is 25.5 Å². The minimum Gasteiger partial charge on any atom is -0.632 e. The second kappa shape index (κ2) is 5.10. The maximum Gasteiger partial charge on any atom is 0.131 e. The van der Waals surface area contributed by atoms with E-state index in [1.807, 2.05) is 19.1 Å². The smallest absolute Gasteiger partial charge is 0.131 e. The van der Waals surface area contributed by atoms with E-state index in [-0.39, 0.29) is 29.3 Å². The number of allylic oxidation sites excluding steroid dienone is 1. The molecule has 25 heavy (non-hydrogen) atoms. The van der Waals surface area contributed by atoms with Gasteiger partial charge in [-0.25, -0.2) is 0 Å². The number of hydrogen-bond donors (Lipinski definition) is 2. The first kappa shape index (κ1) is 15.4. The summed E-state index contributed by atoms with van der Waals surface area (Å²) in [5.41, 5.74) is 4.69. The molecule has 6 rings (SSSR count). The standard InChI is InChI=1S/C20H24N2O3/c1-3-11-9-22(24)18-8-15-14-6-12(25-2)4-5-17(14)21-20(15)19(22)7-13(11)16(18)10-23/h3-6,13,16,18-19,21,23H,7-10H2,1-2H3/b11-3-. The molecule has 0 amide bonds. The summed E-state index contributed by atoms with van der Waals surface area (Å²) in [5.74, 6) is 1.25. The lowest BCUT2D eigenvalue weighted by Gasteiger charge is -2.67. The Labute approximate surface area is 147 Å². The first-order valence-electron chi connectivity index (χ1n) is 9.13. The van der Waals surface area contributed by atoms with Gasteiger partial charge in [-0.05, 0) is 36.3 Å². The van der Waals surface area contributed by atoms with Crippen molar-refractivity contribution in [1.82, 2.24) is 4.98 Å². The van der Waals surface area contributed by atoms with E-state index < -0.39 is 0 Å². The van der Waals surface area contributed by atoms with Crippen LogP contribution in [0, 0.1) is 17.0 Å². The van der Waals surface area contributed by atoms with E-state index in [2.05, 4.69) is 17.1 Å². The molecule has 1 aromatic heterocycles. The minimum atomic E-state index is -0.196. The molecule has 1 aromatic carbocycles. The average molecular weight is 340 g/mol. The monoisotopic (exact) mass is 340 g/mol. The Morgan fingerprint density at radius 1 is 1.44 bits per heavy atom. The van der Waals surface area contributed by atoms with Crippen molar-refractivity contribution in [3.8, 4) is 5.75 Å². The van der Waals surface area contributed by atoms with Gasteiger partial charge in [-0.15, -0.1) is 0 Å². The van der Waals surface area contributed by atoms with Crippen LogP contribution in [0.15, 0.2) is 29.8 Å². The van der Waals surface area contributed by atoms with Crippen LogP contribution in [0.2, 0.25) is 0 Å². The number of H-pyrrole nitrogens is 1. The molecule has 0 saturated carbocycles. The van der Waals surface area contributed by atoms with Crippen molar-refractivity contribution in [2.24, 2.45) is 11.8 Å². The quantitative estimate of drug-likeness (QED) is 0.502. The van der Waals surface area contributed by atoms with Crippen LogP contribution >= 0.6 is 0 Å². The molecule has 5 atom stereocenters. The molecule has 5 heterocycles. The molecule has 0 spiro atoms. The fourth-order valence-corrected chi connectivity index (χ4v) is 5.76. The Morgan fingerprint density at radius 3 is 3.00 bits per heavy atom. The molecular formula is C20H24N2O3. The molecule has 4 aliphatic heterocycles. The third-order valence-electron chi connectivity index (χ3n) is 6.96. The molecule has 5 heteroatoms. The first-order chi connectivity index (χ1) is 12.1. The normalized spacial score (nSPS) is 37.5. The van der Waals surface area contributed by atoms with Gasteiger partial charge >= 0.3 is 0 Å². The van der Waals surface area contributed by atoms with Crippen molar-refractivity contribution < 1.29 is 14.5 Å². The predicted molar refractivity (Wildman–Crippen MR) is 96.0 cm³/mol. The van der Waals surface area contributed by atoms with Gasteiger partial charge in [-0.1, -0.05) is 6.08 Å². The lowest BCUT2D eigenvalue weighted by molar-refractivity contribution is -0.952. The van der Waals surface area contributed by atoms with E-state index in [0.29, 0.717) is 12.5 Å². The van der Waals surface area contributed by atoms with Gasteiger partial charge in [-0.2, -0.15) is 0 Å². The van der Waals surface area contributed by atoms with Gasteiger partial charge in [0.15, 0.2) is 0 Å². The van der Waals surface area contributed by atoms with Gasteiger partial charge in [-0.3, -0.25) is 0 Å². The number of piperidine rings is 3. The summed E-state index contributed by atoms with van der Waals surface area (Å²) in [6, 6.07) is 5.98. The number of ether oxygens (including phenoxy) is 1. The highest BCUT2D eigenvalue weighted by atomic mass is 16.6. The molecule has 5 unspecified atom stereocenters. The SMILES string of the molecule is C/C=C1/C[N+]2([O-])C3CC1C(CO)C2Cc1c3[nH]c2ccc(OC)cc12. The van der Waals surface area contributed by atoms with E-state index in [1.165, 1.54) is 11.1 Å². The van der Waals surface area contributed by atoms with Gasteiger partial charge < -0.3 is 24.7 Å². The predicted octanol–water partition coefficient (Wildman–Crippen LogP) is 3.05. The summed E-state index contributed by atoms with van der Waals surface area (Å²) in [6.45, 7) is 2.70. The third-order valence-corrected chi connectivity index (χ3v) is 6.96. The van der Waals surface area contributed by atoms with Gasteiger partial charge in [0.1, 0.15) is 18.3 Å². The summed E-state index contributed by atoms with van der Waals surface area (Å²) in [7, 11) is 1.68. The summed E-state index contributed by atoms with van der Waals surface area (Å²) < 4.78 is 5.19. The molecule has 0 aliphatic carbocycles. The van der Waals surface area contributed by atoms with Crippen LogP contribution in [0.5, 0.6) is 5.75 Å². The van der Waals surface area contributed by atoms with Crippen LogP contribution in [0.3, 0.4) is 0 Å². The van der Waals surface area contributed by atoms with Crippen LogP contribution in [0.25, 0.3) is 10.9 Å². The number of quaternary nitrogens is 1. The van der Waals surface area contributed by atoms with Gasteiger partial charge in [0.25, 0.3) is 0 Å². The van der Waals surface area contributed by atoms with Gasteiger partial charge in [0, 0.05) is 35.6 Å². The average Bonchev–Trinajstić information content (AvgIpc) is 2.98. The highest BCUT2D eigenvalue weighted by Gasteiger charge is 2.59. The number of aliphatic hydroxyl groups excluding tert-OH is 1. The van der Waals surface area contributed by atoms with E-state index >= 15 is 0 Å². The number of aliphatic hydroxyl groups is 1. The Bertz CT molecular complexity index is 886. The fraction of sp³-hybridized carbons (Fsp3) is 0.500. The van der Waals surface area contributed by atoms with Crippen LogP contribution in [-0.4, -0.2) is 41.0 Å². The van der Waals surface area contributed by atoms with Crippen molar-refractivity contribution in [3.05, 3.63) is 46.3 Å². The lowest BCUT2D eigenvalue weighted by atomic mass is 9.63. The molecule has 4 bridgehead atoms. The Morgan fingerprint density at radius 2 is 2.28 bits per heavy atom. The second-order valence-corrected chi connectivity index (χ2v) is 7.78. The van der Waals surface area contributed by atoms with Crippen molar-refractivity contribution in [2.75, 3.05) is 20.3 Å². The van der Waals surface area contributed by atoms with Crippen molar-refractivity contribution in [2.45, 2.75) is 31.8 Å². The Kier molecular flexibility index (Phi) is 3.15. The number of benzene rings is 1. The molecular weight excluding hydrogens is 316 g/mol. The lowest BCUT2D eigenvalue weighted by Crippen LogP contribution is -2.69. The number of fused-ring (bicyclic) bond motifs is 4. The molecule has 132 valence electrons. The number of nitrogens with one attached hydrogen (secondary N) is 1. The number of rotatable bonds is 2. The number of hydroxylamine groups is 3. The van der Waals surface area contributed by atoms with E-state index in [0.717, 1.165) is 35.2 Å². The molecule has 3 fully saturated rings. The molecule has 0 radical (unpaired) electrons. The van der Waals surface area contributed by atoms with Crippen LogP contribution in [-0.2, 0) is 6.42 Å². The molecule has 3 saturated heterocycles. The maximum absolute atomic E-state index is 13.9. The second-order valence-electron chi connectivity index (χ2n) is 7.78. The summed E-state index contributed by atoms with van der Waals surface area (Å²) in [5, 5.41) is 25.1. The number of hydrogen-bond acceptors (Lipinski definition) is 3. The first-order valence-corrected chi connectivity index (χ1v) is 9.13. The summed E-state index contributed by atoms with van der Waals surface area (Å²) in [4.78, 5) is 3.55. The molecule has 4 aliphatic rings. The zero-order chi connectivity index (χ0) is 17.3. The van der Waals surface area contributed by atoms with Gasteiger partial charge in [0.2, 0.25) is 0 Å². The third kappa shape index (κ3) is 1.83. The van der Waals surface area contributed by atoms with Crippen molar-refractivity contribution in [3.63, 3.8) is 0 Å². The summed E-state index contributed by atoms with van der Waals surface area (Å²) >= 11 is 0. The van der Waals surface area contributed by atoms with Crippen molar-refractivity contribution in [1.29, 1.82) is 0 Å². The van der Waals surface area contributed by atoms with Crippen LogP contribution in [0.1, 0.15) is 30.6 Å². The van der Waals surface area contributed by atoms with Crippen LogP contribution in [0.4, 0.5) is 0 Å². The van der Waals surface area contributed by atoms with Crippen molar-refractivity contribution >= 4 is 10.9 Å². The topological polar surface area (TPSA) is 68.3 Å². The number of methoxy groups -OCH3 is 1. The number of aromatic amines is 1. The fourth-order valence-electron chi connectivity index (χ4n) is 5.76. The van der Waals surface area contributed by atoms with Crippen LogP contribution < -0.4 is 4.74 Å². The molecule has 5 nitrogen and oxygen atoms in total.